The number of rotatable bonds is 6. The van der Waals surface area contributed by atoms with Crippen LogP contribution in [0.1, 0.15) is 44.9 Å². The molecule has 110 valence electrons. The second-order valence-electron chi connectivity index (χ2n) is 6.08. The largest absolute Gasteiger partial charge is 0.369 e. The molecular weight excluding hydrogens is 250 g/mol. The lowest BCUT2D eigenvalue weighted by atomic mass is 9.71. The second kappa shape index (κ2) is 6.16. The molecule has 0 spiro atoms. The number of amides is 1. The molecule has 1 aliphatic heterocycles. The van der Waals surface area contributed by atoms with E-state index >= 15 is 0 Å². The van der Waals surface area contributed by atoms with E-state index in [9.17, 15) is 13.6 Å². The number of likely N-dealkylation sites (tertiary alicyclic amines) is 1. The number of halogens is 2. The molecule has 0 radical (unpaired) electrons. The van der Waals surface area contributed by atoms with E-state index in [1.54, 1.807) is 0 Å². The molecule has 2 rings (SSSR count). The third kappa shape index (κ3) is 4.13. The van der Waals surface area contributed by atoms with Gasteiger partial charge in [-0.2, -0.15) is 0 Å². The number of carbonyl (C=O) groups excluding carboxylic acids is 1. The SMILES string of the molecule is NC(=O)C(CCCN1CCCCC1)C1CC(F)(F)C1. The summed E-state index contributed by atoms with van der Waals surface area (Å²) in [5, 5.41) is 0. The summed E-state index contributed by atoms with van der Waals surface area (Å²) < 4.78 is 25.7. The molecule has 19 heavy (non-hydrogen) atoms. The van der Waals surface area contributed by atoms with Crippen molar-refractivity contribution in [1.82, 2.24) is 4.90 Å². The molecule has 0 aromatic rings. The minimum absolute atomic E-state index is 0.162. The number of primary amides is 1. The Balaban J connectivity index is 1.70. The lowest BCUT2D eigenvalue weighted by Crippen LogP contribution is -2.44. The smallest absolute Gasteiger partial charge is 0.248 e. The summed E-state index contributed by atoms with van der Waals surface area (Å²) in [5.41, 5.74) is 5.36. The van der Waals surface area contributed by atoms with Crippen LogP contribution < -0.4 is 5.73 Å². The first-order chi connectivity index (χ1) is 8.98. The van der Waals surface area contributed by atoms with E-state index in [2.05, 4.69) is 4.90 Å². The van der Waals surface area contributed by atoms with E-state index in [1.807, 2.05) is 0 Å². The van der Waals surface area contributed by atoms with Crippen molar-refractivity contribution >= 4 is 5.91 Å². The maximum Gasteiger partial charge on any atom is 0.248 e. The summed E-state index contributed by atoms with van der Waals surface area (Å²) in [5.74, 6) is -3.52. The molecule has 2 fully saturated rings. The van der Waals surface area contributed by atoms with Gasteiger partial charge in [0.1, 0.15) is 0 Å². The molecule has 1 saturated carbocycles. The number of hydrogen-bond donors (Lipinski definition) is 1. The van der Waals surface area contributed by atoms with E-state index in [1.165, 1.54) is 19.3 Å². The molecule has 1 heterocycles. The number of piperidine rings is 1. The molecule has 3 nitrogen and oxygen atoms in total. The van der Waals surface area contributed by atoms with Crippen LogP contribution in [-0.4, -0.2) is 36.4 Å². The summed E-state index contributed by atoms with van der Waals surface area (Å²) in [6.07, 6.45) is 5.01. The first kappa shape index (κ1) is 14.7. The van der Waals surface area contributed by atoms with Crippen LogP contribution >= 0.6 is 0 Å². The monoisotopic (exact) mass is 274 g/mol. The molecule has 0 aromatic carbocycles. The fraction of sp³-hybridized carbons (Fsp3) is 0.929. The molecule has 0 aromatic heterocycles. The zero-order chi connectivity index (χ0) is 13.9. The van der Waals surface area contributed by atoms with Crippen LogP contribution in [0.2, 0.25) is 0 Å². The van der Waals surface area contributed by atoms with Gasteiger partial charge in [0.15, 0.2) is 0 Å². The normalized spacial score (nSPS) is 25.8. The summed E-state index contributed by atoms with van der Waals surface area (Å²) >= 11 is 0. The fourth-order valence-electron chi connectivity index (χ4n) is 3.32. The number of nitrogens with two attached hydrogens (primary N) is 1. The van der Waals surface area contributed by atoms with Gasteiger partial charge in [-0.25, -0.2) is 8.78 Å². The molecular formula is C14H24F2N2O. The van der Waals surface area contributed by atoms with Crippen molar-refractivity contribution in [2.75, 3.05) is 19.6 Å². The average Bonchev–Trinajstić information content (AvgIpc) is 2.32. The Morgan fingerprint density at radius 1 is 1.26 bits per heavy atom. The van der Waals surface area contributed by atoms with E-state index in [4.69, 9.17) is 5.73 Å². The van der Waals surface area contributed by atoms with Gasteiger partial charge in [0.05, 0.1) is 0 Å². The van der Waals surface area contributed by atoms with Crippen LogP contribution in [0.15, 0.2) is 0 Å². The summed E-state index contributed by atoms with van der Waals surface area (Å²) in [7, 11) is 0. The third-order valence-corrected chi connectivity index (χ3v) is 4.49. The highest BCUT2D eigenvalue weighted by Gasteiger charge is 2.49. The van der Waals surface area contributed by atoms with Crippen molar-refractivity contribution in [2.45, 2.75) is 50.9 Å². The summed E-state index contributed by atoms with van der Waals surface area (Å²) in [6, 6.07) is 0. The Morgan fingerprint density at radius 2 is 1.89 bits per heavy atom. The van der Waals surface area contributed by atoms with Crippen LogP contribution in [0.3, 0.4) is 0 Å². The lowest BCUT2D eigenvalue weighted by molar-refractivity contribution is -0.144. The van der Waals surface area contributed by atoms with Crippen molar-refractivity contribution in [3.63, 3.8) is 0 Å². The van der Waals surface area contributed by atoms with E-state index in [0.29, 0.717) is 6.42 Å². The first-order valence-corrected chi connectivity index (χ1v) is 7.37. The standard InChI is InChI=1S/C14H24F2N2O/c15-14(16)9-11(10-14)12(13(17)19)5-4-8-18-6-2-1-3-7-18/h11-12H,1-10H2,(H2,17,19). The van der Waals surface area contributed by atoms with Crippen molar-refractivity contribution in [3.05, 3.63) is 0 Å². The summed E-state index contributed by atoms with van der Waals surface area (Å²) in [6.45, 7) is 3.22. The molecule has 2 aliphatic rings. The van der Waals surface area contributed by atoms with Gasteiger partial charge in [0.2, 0.25) is 11.8 Å². The Bertz CT molecular complexity index is 309. The van der Waals surface area contributed by atoms with Gasteiger partial charge in [-0.15, -0.1) is 0 Å². The van der Waals surface area contributed by atoms with Crippen LogP contribution in [0, 0.1) is 11.8 Å². The Kier molecular flexibility index (Phi) is 4.76. The number of hydrogen-bond acceptors (Lipinski definition) is 2. The van der Waals surface area contributed by atoms with E-state index in [0.717, 1.165) is 26.1 Å². The lowest BCUT2D eigenvalue weighted by Gasteiger charge is -2.39. The average molecular weight is 274 g/mol. The Morgan fingerprint density at radius 3 is 2.42 bits per heavy atom. The Labute approximate surface area is 113 Å². The molecule has 0 bridgehead atoms. The zero-order valence-electron chi connectivity index (χ0n) is 11.4. The molecule has 1 atom stereocenters. The predicted molar refractivity (Wildman–Crippen MR) is 69.9 cm³/mol. The van der Waals surface area contributed by atoms with E-state index in [-0.39, 0.29) is 24.7 Å². The molecule has 5 heteroatoms. The van der Waals surface area contributed by atoms with Crippen LogP contribution in [0.4, 0.5) is 8.78 Å². The van der Waals surface area contributed by atoms with Crippen LogP contribution in [0.5, 0.6) is 0 Å². The fourth-order valence-corrected chi connectivity index (χ4v) is 3.32. The predicted octanol–water partition coefficient (Wildman–Crippen LogP) is 2.40. The molecule has 2 N–H and O–H groups in total. The van der Waals surface area contributed by atoms with Gasteiger partial charge in [-0.3, -0.25) is 4.79 Å². The van der Waals surface area contributed by atoms with E-state index < -0.39 is 11.8 Å². The van der Waals surface area contributed by atoms with Gasteiger partial charge in [0.25, 0.3) is 0 Å². The number of alkyl halides is 2. The van der Waals surface area contributed by atoms with Crippen molar-refractivity contribution in [3.8, 4) is 0 Å². The molecule has 1 saturated heterocycles. The summed E-state index contributed by atoms with van der Waals surface area (Å²) in [4.78, 5) is 13.8. The quantitative estimate of drug-likeness (QED) is 0.808. The second-order valence-corrected chi connectivity index (χ2v) is 6.08. The molecule has 1 aliphatic carbocycles. The topological polar surface area (TPSA) is 46.3 Å². The zero-order valence-corrected chi connectivity index (χ0v) is 11.4. The first-order valence-electron chi connectivity index (χ1n) is 7.37. The third-order valence-electron chi connectivity index (χ3n) is 4.49. The Hall–Kier alpha value is -0.710. The minimum Gasteiger partial charge on any atom is -0.369 e. The van der Waals surface area contributed by atoms with Crippen LogP contribution in [0.25, 0.3) is 0 Å². The van der Waals surface area contributed by atoms with Gasteiger partial charge in [-0.1, -0.05) is 6.42 Å². The van der Waals surface area contributed by atoms with Gasteiger partial charge < -0.3 is 10.6 Å². The molecule has 1 amide bonds. The number of nitrogens with zero attached hydrogens (tertiary/aromatic N) is 1. The highest BCUT2D eigenvalue weighted by molar-refractivity contribution is 5.77. The van der Waals surface area contributed by atoms with Crippen molar-refractivity contribution in [2.24, 2.45) is 17.6 Å². The van der Waals surface area contributed by atoms with Gasteiger partial charge >= 0.3 is 0 Å². The van der Waals surface area contributed by atoms with Crippen molar-refractivity contribution in [1.29, 1.82) is 0 Å². The molecule has 1 unspecified atom stereocenters. The number of carbonyl (C=O) groups is 1. The minimum atomic E-state index is -2.56. The van der Waals surface area contributed by atoms with Crippen LogP contribution in [-0.2, 0) is 4.79 Å². The van der Waals surface area contributed by atoms with Gasteiger partial charge in [-0.05, 0) is 51.2 Å². The highest BCUT2D eigenvalue weighted by Crippen LogP contribution is 2.47. The van der Waals surface area contributed by atoms with Gasteiger partial charge in [0, 0.05) is 18.8 Å². The maximum absolute atomic E-state index is 12.9. The maximum atomic E-state index is 12.9. The van der Waals surface area contributed by atoms with Crippen molar-refractivity contribution < 1.29 is 13.6 Å². The highest BCUT2D eigenvalue weighted by atomic mass is 19.3.